The second-order valence-corrected chi connectivity index (χ2v) is 4.05. The van der Waals surface area contributed by atoms with E-state index in [2.05, 4.69) is 49.0 Å². The number of aryl methyl sites for hydroxylation is 1. The lowest BCUT2D eigenvalue weighted by molar-refractivity contribution is 0.381. The maximum Gasteiger partial charge on any atom is 0.394 e. The average Bonchev–Trinajstić information content (AvgIpc) is 2.24. The highest BCUT2D eigenvalue weighted by atomic mass is 32.3. The molecule has 0 saturated carbocycles. The molecule has 0 aliphatic carbocycles. The van der Waals surface area contributed by atoms with Gasteiger partial charge in [0.2, 0.25) is 0 Å². The Morgan fingerprint density at radius 1 is 1.24 bits per heavy atom. The Hall–Kier alpha value is -1.15. The lowest BCUT2D eigenvalue weighted by Crippen LogP contribution is -2.20. The number of rotatable bonds is 4. The summed E-state index contributed by atoms with van der Waals surface area (Å²) in [6, 6.07) is 8.42. The van der Waals surface area contributed by atoms with E-state index < -0.39 is 10.4 Å². The van der Waals surface area contributed by atoms with Crippen LogP contribution >= 0.6 is 0 Å². The Bertz CT molecular complexity index is 412. The first-order valence-electron chi connectivity index (χ1n) is 5.14. The molecular weight excluding hydrogens is 244 g/mol. The van der Waals surface area contributed by atoms with Crippen molar-refractivity contribution in [2.24, 2.45) is 0 Å². The number of hydrazine groups is 1. The fourth-order valence-corrected chi connectivity index (χ4v) is 1.06. The fourth-order valence-electron chi connectivity index (χ4n) is 1.06. The lowest BCUT2D eigenvalue weighted by atomic mass is 10.1. The van der Waals surface area contributed by atoms with Gasteiger partial charge in [0.25, 0.3) is 0 Å². The molecule has 4 N–H and O–H groups in total. The summed E-state index contributed by atoms with van der Waals surface area (Å²) in [6.07, 6.45) is 1.08. The van der Waals surface area contributed by atoms with Crippen molar-refractivity contribution in [2.75, 3.05) is 12.0 Å². The van der Waals surface area contributed by atoms with Crippen LogP contribution in [0.4, 0.5) is 5.69 Å². The molecule has 0 fully saturated rings. The van der Waals surface area contributed by atoms with Crippen LogP contribution in [0, 0.1) is 0 Å². The molecule has 0 amide bonds. The summed E-state index contributed by atoms with van der Waals surface area (Å²) < 4.78 is 31.6. The van der Waals surface area contributed by atoms with Gasteiger partial charge >= 0.3 is 10.4 Å². The van der Waals surface area contributed by atoms with Crippen molar-refractivity contribution in [3.8, 4) is 0 Å². The van der Waals surface area contributed by atoms with Crippen LogP contribution in [0.5, 0.6) is 0 Å². The minimum Gasteiger partial charge on any atom is -0.322 e. The van der Waals surface area contributed by atoms with Crippen LogP contribution in [-0.4, -0.2) is 24.1 Å². The zero-order valence-corrected chi connectivity index (χ0v) is 10.7. The minimum absolute atomic E-state index is 0.927. The van der Waals surface area contributed by atoms with Crippen LogP contribution in [0.1, 0.15) is 19.4 Å². The monoisotopic (exact) mass is 262 g/mol. The van der Waals surface area contributed by atoms with Crippen LogP contribution in [0.25, 0.3) is 0 Å². The van der Waals surface area contributed by atoms with Gasteiger partial charge in [-0.25, -0.2) is 5.43 Å². The quantitative estimate of drug-likeness (QED) is 0.485. The van der Waals surface area contributed by atoms with Gasteiger partial charge < -0.3 is 5.43 Å². The van der Waals surface area contributed by atoms with Gasteiger partial charge in [0, 0.05) is 12.2 Å². The molecule has 1 rings (SSSR count). The number of nitrogens with one attached hydrogen (secondary N) is 2. The molecule has 0 spiro atoms. The largest absolute Gasteiger partial charge is 0.394 e. The summed E-state index contributed by atoms with van der Waals surface area (Å²) in [5.41, 5.74) is 8.68. The van der Waals surface area contributed by atoms with Crippen molar-refractivity contribution < 1.29 is 17.5 Å². The number of anilines is 1. The van der Waals surface area contributed by atoms with E-state index in [0.717, 1.165) is 18.7 Å². The molecule has 0 atom stereocenters. The zero-order chi connectivity index (χ0) is 13.3. The van der Waals surface area contributed by atoms with E-state index in [4.69, 9.17) is 17.5 Å². The fraction of sp³-hybridized carbons (Fsp3) is 0.400. The normalized spacial score (nSPS) is 10.4. The molecule has 17 heavy (non-hydrogen) atoms. The molecule has 0 unspecified atom stereocenters. The smallest absolute Gasteiger partial charge is 0.322 e. The average molecular weight is 262 g/mol. The van der Waals surface area contributed by atoms with Gasteiger partial charge in [-0.05, 0) is 24.1 Å². The zero-order valence-electron chi connectivity index (χ0n) is 9.84. The summed E-state index contributed by atoms with van der Waals surface area (Å²) in [7, 11) is -4.67. The van der Waals surface area contributed by atoms with Crippen molar-refractivity contribution >= 4 is 16.1 Å². The Balaban J connectivity index is 0.000000437. The Kier molecular flexibility index (Phi) is 7.47. The first-order chi connectivity index (χ1) is 7.86. The molecule has 98 valence electrons. The van der Waals surface area contributed by atoms with Crippen molar-refractivity contribution in [1.29, 1.82) is 0 Å². The van der Waals surface area contributed by atoms with Crippen molar-refractivity contribution in [3.05, 3.63) is 29.8 Å². The van der Waals surface area contributed by atoms with Crippen molar-refractivity contribution in [3.63, 3.8) is 0 Å². The second-order valence-electron chi connectivity index (χ2n) is 3.16. The highest BCUT2D eigenvalue weighted by Crippen LogP contribution is 2.09. The van der Waals surface area contributed by atoms with E-state index in [-0.39, 0.29) is 0 Å². The standard InChI is InChI=1S/C10H16N2.H2O4S/c1-3-9-6-5-7-10(8-9)12-11-4-2;1-5(2,3)4/h5-8,11-12H,3-4H2,1-2H3;(H2,1,2,3,4). The predicted molar refractivity (Wildman–Crippen MR) is 67.3 cm³/mol. The highest BCUT2D eigenvalue weighted by molar-refractivity contribution is 7.79. The Morgan fingerprint density at radius 3 is 2.29 bits per heavy atom. The first-order valence-corrected chi connectivity index (χ1v) is 6.54. The van der Waals surface area contributed by atoms with Crippen LogP contribution in [-0.2, 0) is 16.8 Å². The highest BCUT2D eigenvalue weighted by Gasteiger charge is 1.91. The van der Waals surface area contributed by atoms with Crippen LogP contribution in [0.15, 0.2) is 24.3 Å². The molecule has 0 aliphatic heterocycles. The van der Waals surface area contributed by atoms with E-state index in [1.165, 1.54) is 5.56 Å². The van der Waals surface area contributed by atoms with Gasteiger partial charge in [0.05, 0.1) is 0 Å². The summed E-state index contributed by atoms with van der Waals surface area (Å²) in [5, 5.41) is 0. The van der Waals surface area contributed by atoms with Crippen LogP contribution in [0.2, 0.25) is 0 Å². The second kappa shape index (κ2) is 8.02. The van der Waals surface area contributed by atoms with Gasteiger partial charge in [-0.3, -0.25) is 9.11 Å². The number of hydrogen-bond donors (Lipinski definition) is 4. The van der Waals surface area contributed by atoms with Crippen molar-refractivity contribution in [2.45, 2.75) is 20.3 Å². The van der Waals surface area contributed by atoms with Crippen LogP contribution in [0.3, 0.4) is 0 Å². The molecule has 6 nitrogen and oxygen atoms in total. The molecule has 0 heterocycles. The van der Waals surface area contributed by atoms with E-state index in [0.29, 0.717) is 0 Å². The molecule has 0 radical (unpaired) electrons. The third-order valence-corrected chi connectivity index (χ3v) is 1.74. The molecule has 0 aliphatic rings. The van der Waals surface area contributed by atoms with E-state index in [1.54, 1.807) is 0 Å². The van der Waals surface area contributed by atoms with Crippen LogP contribution < -0.4 is 10.9 Å². The maximum atomic E-state index is 8.74. The Labute approximate surface area is 102 Å². The van der Waals surface area contributed by atoms with Gasteiger partial charge in [0.15, 0.2) is 0 Å². The van der Waals surface area contributed by atoms with Gasteiger partial charge in [-0.2, -0.15) is 8.42 Å². The Morgan fingerprint density at radius 2 is 1.82 bits per heavy atom. The van der Waals surface area contributed by atoms with Gasteiger partial charge in [-0.1, -0.05) is 26.0 Å². The van der Waals surface area contributed by atoms with Gasteiger partial charge in [-0.15, -0.1) is 0 Å². The number of benzene rings is 1. The first kappa shape index (κ1) is 15.9. The van der Waals surface area contributed by atoms with E-state index in [1.807, 2.05) is 0 Å². The topological polar surface area (TPSA) is 98.7 Å². The van der Waals surface area contributed by atoms with E-state index in [9.17, 15) is 0 Å². The molecule has 1 aromatic carbocycles. The lowest BCUT2D eigenvalue weighted by Gasteiger charge is -2.06. The molecular formula is C10H18N2O4S. The minimum atomic E-state index is -4.67. The molecule has 0 aromatic heterocycles. The maximum absolute atomic E-state index is 8.74. The summed E-state index contributed by atoms with van der Waals surface area (Å²) in [5.74, 6) is 0. The third kappa shape index (κ3) is 11.1. The predicted octanol–water partition coefficient (Wildman–Crippen LogP) is 1.53. The molecule has 7 heteroatoms. The molecule has 0 bridgehead atoms. The number of hydrogen-bond acceptors (Lipinski definition) is 4. The summed E-state index contributed by atoms with van der Waals surface area (Å²) in [4.78, 5) is 0. The molecule has 1 aromatic rings. The van der Waals surface area contributed by atoms with E-state index >= 15 is 0 Å². The summed E-state index contributed by atoms with van der Waals surface area (Å²) in [6.45, 7) is 5.15. The summed E-state index contributed by atoms with van der Waals surface area (Å²) >= 11 is 0. The molecule has 0 saturated heterocycles. The SMILES string of the molecule is CCNNc1cccc(CC)c1.O=S(=O)(O)O. The van der Waals surface area contributed by atoms with Crippen molar-refractivity contribution in [1.82, 2.24) is 5.43 Å². The third-order valence-electron chi connectivity index (χ3n) is 1.74. The van der Waals surface area contributed by atoms with Gasteiger partial charge in [0.1, 0.15) is 0 Å².